The second-order valence-corrected chi connectivity index (χ2v) is 12.1. The summed E-state index contributed by atoms with van der Waals surface area (Å²) in [6, 6.07) is 12.1. The van der Waals surface area contributed by atoms with Crippen molar-refractivity contribution in [2.75, 3.05) is 6.26 Å². The number of aliphatic hydroxyl groups is 1. The fourth-order valence-electron chi connectivity index (χ4n) is 4.74. The summed E-state index contributed by atoms with van der Waals surface area (Å²) in [5, 5.41) is 16.6. The van der Waals surface area contributed by atoms with Crippen LogP contribution in [0.1, 0.15) is 43.0 Å². The van der Waals surface area contributed by atoms with E-state index in [1.807, 2.05) is 0 Å². The van der Waals surface area contributed by atoms with Crippen molar-refractivity contribution in [1.29, 1.82) is 0 Å². The molecule has 0 bridgehead atoms. The van der Waals surface area contributed by atoms with Crippen LogP contribution in [0.15, 0.2) is 71.9 Å². The Kier molecular flexibility index (Phi) is 6.62. The number of carbonyl (C=O) groups excluding carboxylic acids is 2. The number of amides is 1. The number of aryl methyl sites for hydroxylation is 1. The minimum atomic E-state index is -3.79. The van der Waals surface area contributed by atoms with E-state index < -0.39 is 39.6 Å². The lowest BCUT2D eigenvalue weighted by Crippen LogP contribution is -2.44. The van der Waals surface area contributed by atoms with E-state index >= 15 is 4.39 Å². The third-order valence-electron chi connectivity index (χ3n) is 6.54. The Morgan fingerprint density at radius 2 is 1.72 bits per heavy atom. The molecule has 12 heteroatoms. The molecular formula is C27H20Cl2FN3O5S. The van der Waals surface area contributed by atoms with Gasteiger partial charge in [0.2, 0.25) is 0 Å². The molecule has 200 valence electrons. The first-order chi connectivity index (χ1) is 18.3. The summed E-state index contributed by atoms with van der Waals surface area (Å²) in [5.41, 5.74) is -2.63. The molecular weight excluding hydrogens is 568 g/mol. The first-order valence-corrected chi connectivity index (χ1v) is 14.1. The van der Waals surface area contributed by atoms with Gasteiger partial charge in [-0.25, -0.2) is 12.8 Å². The maximum Gasteiger partial charge on any atom is 0.257 e. The highest BCUT2D eigenvalue weighted by Gasteiger charge is 2.52. The van der Waals surface area contributed by atoms with Crippen LogP contribution in [0, 0.1) is 5.82 Å². The van der Waals surface area contributed by atoms with Crippen LogP contribution in [0.3, 0.4) is 0 Å². The van der Waals surface area contributed by atoms with E-state index in [1.165, 1.54) is 65.6 Å². The molecule has 1 amide bonds. The van der Waals surface area contributed by atoms with E-state index in [0.717, 1.165) is 17.2 Å². The van der Waals surface area contributed by atoms with Crippen molar-refractivity contribution in [2.45, 2.75) is 17.2 Å². The quantitative estimate of drug-likeness (QED) is 0.336. The van der Waals surface area contributed by atoms with Crippen LogP contribution in [0.4, 0.5) is 4.39 Å². The minimum Gasteiger partial charge on any atom is -0.363 e. The van der Waals surface area contributed by atoms with Crippen LogP contribution in [-0.2, 0) is 29.2 Å². The fourth-order valence-corrected chi connectivity index (χ4v) is 6.05. The highest BCUT2D eigenvalue weighted by molar-refractivity contribution is 7.90. The third-order valence-corrected chi connectivity index (χ3v) is 8.20. The Balaban J connectivity index is 1.70. The number of sulfone groups is 1. The summed E-state index contributed by atoms with van der Waals surface area (Å²) in [7, 11) is -2.17. The molecule has 0 spiro atoms. The summed E-state index contributed by atoms with van der Waals surface area (Å²) in [6.07, 6.45) is 3.77. The third kappa shape index (κ3) is 4.63. The lowest BCUT2D eigenvalue weighted by Gasteiger charge is -2.35. The molecule has 0 saturated heterocycles. The summed E-state index contributed by atoms with van der Waals surface area (Å²) in [5.74, 6) is -2.37. The van der Waals surface area contributed by atoms with Gasteiger partial charge in [0, 0.05) is 40.7 Å². The van der Waals surface area contributed by atoms with Gasteiger partial charge in [-0.1, -0.05) is 41.4 Å². The SMILES string of the molecule is Cn1cc(C(=O)c2cc(F)c3c(c2)C(=O)N(Cc2ccc(Cl)cc2S(C)(=O)=O)C3(O)c2ccc(Cl)cc2)cn1. The zero-order valence-corrected chi connectivity index (χ0v) is 22.9. The van der Waals surface area contributed by atoms with E-state index in [-0.39, 0.29) is 43.3 Å². The molecule has 0 fully saturated rings. The van der Waals surface area contributed by atoms with Crippen molar-refractivity contribution in [2.24, 2.45) is 7.05 Å². The zero-order valence-electron chi connectivity index (χ0n) is 20.5. The number of hydrogen-bond acceptors (Lipinski definition) is 6. The van der Waals surface area contributed by atoms with E-state index in [0.29, 0.717) is 5.02 Å². The van der Waals surface area contributed by atoms with Gasteiger partial charge in [-0.2, -0.15) is 5.10 Å². The van der Waals surface area contributed by atoms with Crippen LogP contribution in [0.25, 0.3) is 0 Å². The summed E-state index contributed by atoms with van der Waals surface area (Å²) in [6.45, 7) is -0.419. The van der Waals surface area contributed by atoms with Crippen molar-refractivity contribution in [3.63, 3.8) is 0 Å². The molecule has 0 saturated carbocycles. The topological polar surface area (TPSA) is 110 Å². The number of halogens is 3. The molecule has 0 radical (unpaired) electrons. The molecule has 1 atom stereocenters. The molecule has 39 heavy (non-hydrogen) atoms. The Bertz CT molecular complexity index is 1770. The Hall–Kier alpha value is -3.57. The molecule has 8 nitrogen and oxygen atoms in total. The van der Waals surface area contributed by atoms with Gasteiger partial charge in [-0.15, -0.1) is 0 Å². The van der Waals surface area contributed by atoms with E-state index in [4.69, 9.17) is 23.2 Å². The molecule has 1 unspecified atom stereocenters. The number of rotatable bonds is 6. The first-order valence-electron chi connectivity index (χ1n) is 11.5. The maximum atomic E-state index is 15.8. The number of nitrogens with zero attached hydrogens (tertiary/aromatic N) is 3. The van der Waals surface area contributed by atoms with Gasteiger partial charge >= 0.3 is 0 Å². The Labute approximate surface area is 233 Å². The zero-order chi connectivity index (χ0) is 28.3. The monoisotopic (exact) mass is 587 g/mol. The number of aromatic nitrogens is 2. The van der Waals surface area contributed by atoms with Gasteiger partial charge in [0.15, 0.2) is 21.3 Å². The average Bonchev–Trinajstić information content (AvgIpc) is 3.40. The lowest BCUT2D eigenvalue weighted by atomic mass is 9.91. The molecule has 4 aromatic rings. The van der Waals surface area contributed by atoms with E-state index in [9.17, 15) is 23.1 Å². The van der Waals surface area contributed by atoms with Gasteiger partial charge in [0.1, 0.15) is 5.82 Å². The molecule has 0 aliphatic carbocycles. The number of hydrogen-bond donors (Lipinski definition) is 1. The van der Waals surface area contributed by atoms with Crippen LogP contribution in [0.5, 0.6) is 0 Å². The summed E-state index contributed by atoms with van der Waals surface area (Å²) >= 11 is 12.1. The van der Waals surface area contributed by atoms with Gasteiger partial charge in [-0.05, 0) is 42.0 Å². The number of ketones is 1. The van der Waals surface area contributed by atoms with Gasteiger partial charge in [-0.3, -0.25) is 19.2 Å². The number of fused-ring (bicyclic) bond motifs is 1. The molecule has 1 aromatic heterocycles. The smallest absolute Gasteiger partial charge is 0.257 e. The minimum absolute atomic E-state index is 0.110. The van der Waals surface area contributed by atoms with Crippen LogP contribution in [0.2, 0.25) is 10.0 Å². The molecule has 2 heterocycles. The molecule has 3 aromatic carbocycles. The highest BCUT2D eigenvalue weighted by atomic mass is 35.5. The molecule has 1 N–H and O–H groups in total. The largest absolute Gasteiger partial charge is 0.363 e. The Morgan fingerprint density at radius 1 is 1.05 bits per heavy atom. The Morgan fingerprint density at radius 3 is 2.33 bits per heavy atom. The number of benzene rings is 3. The molecule has 5 rings (SSSR count). The number of carbonyl (C=O) groups is 2. The molecule has 1 aliphatic heterocycles. The predicted octanol–water partition coefficient (Wildman–Crippen LogP) is 4.35. The van der Waals surface area contributed by atoms with Gasteiger partial charge < -0.3 is 5.11 Å². The van der Waals surface area contributed by atoms with E-state index in [1.54, 1.807) is 7.05 Å². The second-order valence-electron chi connectivity index (χ2n) is 9.21. The van der Waals surface area contributed by atoms with Crippen molar-refractivity contribution in [1.82, 2.24) is 14.7 Å². The van der Waals surface area contributed by atoms with Crippen LogP contribution < -0.4 is 0 Å². The predicted molar refractivity (Wildman–Crippen MR) is 142 cm³/mol. The second kappa shape index (κ2) is 9.56. The summed E-state index contributed by atoms with van der Waals surface area (Å²) in [4.78, 5) is 27.7. The first kappa shape index (κ1) is 27.0. The van der Waals surface area contributed by atoms with Crippen LogP contribution >= 0.6 is 23.2 Å². The highest BCUT2D eigenvalue weighted by Crippen LogP contribution is 2.45. The normalized spacial score (nSPS) is 17.0. The average molecular weight is 588 g/mol. The van der Waals surface area contributed by atoms with Crippen molar-refractivity contribution in [3.05, 3.63) is 116 Å². The maximum absolute atomic E-state index is 15.8. The lowest BCUT2D eigenvalue weighted by molar-refractivity contribution is -0.0565. The van der Waals surface area contributed by atoms with Crippen molar-refractivity contribution < 1.29 is 27.5 Å². The van der Waals surface area contributed by atoms with Crippen molar-refractivity contribution in [3.8, 4) is 0 Å². The van der Waals surface area contributed by atoms with Crippen LogP contribution in [-0.4, -0.2) is 46.2 Å². The fraction of sp³-hybridized carbons (Fsp3) is 0.148. The molecule has 1 aliphatic rings. The summed E-state index contributed by atoms with van der Waals surface area (Å²) < 4.78 is 42.3. The van der Waals surface area contributed by atoms with E-state index in [2.05, 4.69) is 5.10 Å². The van der Waals surface area contributed by atoms with Crippen molar-refractivity contribution >= 4 is 44.7 Å². The standard InChI is InChI=1S/C27H20Cl2FN3O5S/c1-32-13-17(12-31-32)25(34)16-9-21-24(22(30)10-16)27(36,18-4-7-19(28)8-5-18)33(26(21)35)14-15-3-6-20(29)11-23(15)39(2,37)38/h3-13,36H,14H2,1-2H3. The van der Waals surface area contributed by atoms with Gasteiger partial charge in [0.05, 0.1) is 34.3 Å². The van der Waals surface area contributed by atoms with Gasteiger partial charge in [0.25, 0.3) is 5.91 Å².